The molecule has 0 spiro atoms. The van der Waals surface area contributed by atoms with E-state index >= 15 is 0 Å². The zero-order valence-corrected chi connectivity index (χ0v) is 17.7. The molecule has 0 unspecified atom stereocenters. The van der Waals surface area contributed by atoms with Crippen molar-refractivity contribution in [3.63, 3.8) is 0 Å². The Labute approximate surface area is 182 Å². The smallest absolute Gasteiger partial charge is 0.0571 e. The van der Waals surface area contributed by atoms with Gasteiger partial charge in [-0.25, -0.2) is 0 Å². The quantitative estimate of drug-likeness (QED) is 0.252. The van der Waals surface area contributed by atoms with Gasteiger partial charge in [-0.1, -0.05) is 96.3 Å². The Morgan fingerprint density at radius 3 is 1.40 bits per heavy atom. The molecule has 0 aromatic heterocycles. The van der Waals surface area contributed by atoms with E-state index in [1.165, 1.54) is 63.7 Å². The minimum Gasteiger partial charge on any atom is -0.0895 e. The van der Waals surface area contributed by atoms with Gasteiger partial charge in [-0.15, -0.1) is 0 Å². The fourth-order valence-electron chi connectivity index (χ4n) is 4.81. The summed E-state index contributed by atoms with van der Waals surface area (Å²) in [4.78, 5) is 0. The third kappa shape index (κ3) is 2.32. The second-order valence-corrected chi connectivity index (χ2v) is 9.85. The maximum atomic E-state index is 2.36. The van der Waals surface area contributed by atoms with Crippen LogP contribution in [0.2, 0.25) is 0 Å². The molecule has 0 saturated carbocycles. The Bertz CT molecular complexity index is 1570. The van der Waals surface area contributed by atoms with Crippen LogP contribution in [0.1, 0.15) is 11.1 Å². The van der Waals surface area contributed by atoms with Crippen LogP contribution in [0, 0.1) is 0 Å². The van der Waals surface area contributed by atoms with Crippen LogP contribution in [0.3, 0.4) is 0 Å². The van der Waals surface area contributed by atoms with Crippen molar-refractivity contribution in [3.05, 3.63) is 117 Å². The molecular formula is C28H16S2. The van der Waals surface area contributed by atoms with Gasteiger partial charge in [-0.05, 0) is 77.2 Å². The van der Waals surface area contributed by atoms with Crippen LogP contribution < -0.4 is 10.4 Å². The lowest BCUT2D eigenvalue weighted by atomic mass is 9.97. The maximum absolute atomic E-state index is 2.36. The molecule has 1 aliphatic heterocycles. The molecule has 2 heteroatoms. The van der Waals surface area contributed by atoms with Gasteiger partial charge in [0.2, 0.25) is 0 Å². The zero-order chi connectivity index (χ0) is 19.7. The number of hydrogen-bond donors (Lipinski definition) is 0. The highest BCUT2D eigenvalue weighted by Gasteiger charge is 2.28. The minimum atomic E-state index is 1.32. The van der Waals surface area contributed by atoms with Gasteiger partial charge >= 0.3 is 0 Å². The van der Waals surface area contributed by atoms with Crippen LogP contribution in [0.4, 0.5) is 0 Å². The van der Waals surface area contributed by atoms with Crippen LogP contribution in [0.5, 0.6) is 0 Å². The second kappa shape index (κ2) is 6.28. The van der Waals surface area contributed by atoms with Gasteiger partial charge in [0.05, 0.1) is 4.24 Å². The van der Waals surface area contributed by atoms with Gasteiger partial charge in [-0.2, -0.15) is 0 Å². The van der Waals surface area contributed by atoms with Crippen molar-refractivity contribution >= 4 is 65.7 Å². The summed E-state index contributed by atoms with van der Waals surface area (Å²) in [5.74, 6) is 0. The molecule has 1 heterocycles. The summed E-state index contributed by atoms with van der Waals surface area (Å²) in [6.45, 7) is 0. The van der Waals surface area contributed by atoms with E-state index in [0.717, 1.165) is 0 Å². The lowest BCUT2D eigenvalue weighted by Crippen LogP contribution is -2.16. The minimum absolute atomic E-state index is 1.32. The van der Waals surface area contributed by atoms with Gasteiger partial charge in [-0.3, -0.25) is 0 Å². The van der Waals surface area contributed by atoms with Crippen molar-refractivity contribution in [1.82, 2.24) is 0 Å². The Hall–Kier alpha value is -2.94. The molecular weight excluding hydrogens is 400 g/mol. The largest absolute Gasteiger partial charge is 0.0895 e. The highest BCUT2D eigenvalue weighted by atomic mass is 32.2. The van der Waals surface area contributed by atoms with Crippen molar-refractivity contribution in [1.29, 1.82) is 0 Å². The van der Waals surface area contributed by atoms with Crippen molar-refractivity contribution in [2.24, 2.45) is 0 Å². The number of benzene rings is 5. The summed E-state index contributed by atoms with van der Waals surface area (Å²) in [5.41, 5.74) is 4.21. The van der Waals surface area contributed by atoms with Crippen molar-refractivity contribution < 1.29 is 0 Å². The van der Waals surface area contributed by atoms with Crippen LogP contribution >= 0.6 is 23.5 Å². The van der Waals surface area contributed by atoms with Crippen LogP contribution in [-0.4, -0.2) is 0 Å². The van der Waals surface area contributed by atoms with Crippen LogP contribution in [0.25, 0.3) is 42.1 Å². The first-order valence-corrected chi connectivity index (χ1v) is 11.9. The Morgan fingerprint density at radius 1 is 0.467 bits per heavy atom. The third-order valence-electron chi connectivity index (χ3n) is 6.15. The highest BCUT2D eigenvalue weighted by Crippen LogP contribution is 2.44. The first-order valence-electron chi connectivity index (χ1n) is 10.1. The van der Waals surface area contributed by atoms with E-state index in [1.54, 1.807) is 0 Å². The number of rotatable bonds is 0. The van der Waals surface area contributed by atoms with E-state index < -0.39 is 0 Å². The molecule has 2 aliphatic rings. The molecule has 5 aromatic rings. The van der Waals surface area contributed by atoms with E-state index in [2.05, 4.69) is 95.7 Å². The Morgan fingerprint density at radius 2 is 0.900 bits per heavy atom. The zero-order valence-electron chi connectivity index (χ0n) is 16.1. The highest BCUT2D eigenvalue weighted by molar-refractivity contribution is 8.34. The molecule has 0 saturated heterocycles. The summed E-state index contributed by atoms with van der Waals surface area (Å²) in [6, 6.07) is 31.2. The Kier molecular flexibility index (Phi) is 3.52. The van der Waals surface area contributed by atoms with E-state index in [1.807, 2.05) is 23.5 Å². The van der Waals surface area contributed by atoms with E-state index in [4.69, 9.17) is 0 Å². The first-order chi connectivity index (χ1) is 14.9. The SMILES string of the molecule is C1=CSC(=c2c3ccccc3c(=C3c4cc5ccccc5cc43)c3ccccc23)S1. The molecule has 0 amide bonds. The molecule has 7 rings (SSSR count). The molecule has 30 heavy (non-hydrogen) atoms. The van der Waals surface area contributed by atoms with Crippen LogP contribution in [0.15, 0.2) is 95.7 Å². The van der Waals surface area contributed by atoms with Crippen LogP contribution in [-0.2, 0) is 0 Å². The molecule has 0 N–H and O–H groups in total. The van der Waals surface area contributed by atoms with Gasteiger partial charge in [0, 0.05) is 5.22 Å². The van der Waals surface area contributed by atoms with Crippen molar-refractivity contribution in [2.75, 3.05) is 0 Å². The van der Waals surface area contributed by atoms with E-state index in [0.29, 0.717) is 0 Å². The molecule has 140 valence electrons. The second-order valence-electron chi connectivity index (χ2n) is 7.76. The molecule has 0 fully saturated rings. The summed E-state index contributed by atoms with van der Waals surface area (Å²) in [6.07, 6.45) is 0. The number of thioether (sulfide) groups is 2. The van der Waals surface area contributed by atoms with Gasteiger partial charge in [0.1, 0.15) is 0 Å². The predicted molar refractivity (Wildman–Crippen MR) is 134 cm³/mol. The Balaban J connectivity index is 1.72. The van der Waals surface area contributed by atoms with Gasteiger partial charge < -0.3 is 0 Å². The average Bonchev–Trinajstić information content (AvgIpc) is 3.20. The number of fused-ring (bicyclic) bond motifs is 4. The summed E-state index contributed by atoms with van der Waals surface area (Å²) in [7, 11) is 0. The lowest BCUT2D eigenvalue weighted by Gasteiger charge is -2.09. The normalized spacial score (nSPS) is 14.8. The molecule has 0 radical (unpaired) electrons. The van der Waals surface area contributed by atoms with Gasteiger partial charge in [0.25, 0.3) is 0 Å². The van der Waals surface area contributed by atoms with Crippen molar-refractivity contribution in [3.8, 4) is 0 Å². The monoisotopic (exact) mass is 416 g/mol. The third-order valence-corrected chi connectivity index (χ3v) is 8.28. The molecule has 1 aliphatic carbocycles. The summed E-state index contributed by atoms with van der Waals surface area (Å²) >= 11 is 3.67. The first kappa shape index (κ1) is 16.8. The predicted octanol–water partition coefficient (Wildman–Crippen LogP) is 6.72. The van der Waals surface area contributed by atoms with Gasteiger partial charge in [0.15, 0.2) is 0 Å². The molecule has 0 bridgehead atoms. The lowest BCUT2D eigenvalue weighted by molar-refractivity contribution is 1.68. The number of hydrogen-bond acceptors (Lipinski definition) is 2. The molecule has 5 aromatic carbocycles. The van der Waals surface area contributed by atoms with Crippen molar-refractivity contribution in [2.45, 2.75) is 0 Å². The summed E-state index contributed by atoms with van der Waals surface area (Å²) < 4.78 is 1.37. The summed E-state index contributed by atoms with van der Waals surface area (Å²) in [5, 5.41) is 15.2. The topological polar surface area (TPSA) is 0 Å². The molecule has 0 nitrogen and oxygen atoms in total. The van der Waals surface area contributed by atoms with E-state index in [-0.39, 0.29) is 0 Å². The average molecular weight is 417 g/mol. The maximum Gasteiger partial charge on any atom is 0.0571 e. The molecule has 0 atom stereocenters. The fourth-order valence-corrected chi connectivity index (χ4v) is 6.74. The standard InChI is InChI=1S/C28H16S2/c1-2-8-18-16-24-23(15-17(18)7-1)26(24)25-19-9-3-5-11-21(19)27(28-29-13-14-30-28)22-12-6-4-10-20(22)25/h1-16H. The van der Waals surface area contributed by atoms with E-state index in [9.17, 15) is 0 Å². The fraction of sp³-hybridized carbons (Fsp3) is 0.